The van der Waals surface area contributed by atoms with Gasteiger partial charge in [0.1, 0.15) is 6.26 Å². The maximum absolute atomic E-state index is 12.5. The van der Waals surface area contributed by atoms with E-state index in [2.05, 4.69) is 31.9 Å². The molecule has 0 spiro atoms. The number of hydrogen-bond acceptors (Lipinski definition) is 2. The van der Waals surface area contributed by atoms with E-state index >= 15 is 0 Å². The van der Waals surface area contributed by atoms with Crippen LogP contribution in [-0.4, -0.2) is 0 Å². The Balaban J connectivity index is 2.36. The fraction of sp³-hybridized carbons (Fsp3) is 0. The van der Waals surface area contributed by atoms with Crippen LogP contribution in [0.4, 0.5) is 0 Å². The minimum atomic E-state index is -0.0329. The van der Waals surface area contributed by atoms with Crippen LogP contribution in [-0.2, 0) is 0 Å². The SMILES string of the molecule is O=c1c(-c2ccccc2)coc2c(Br)cc(Br)cc12. The Labute approximate surface area is 126 Å². The summed E-state index contributed by atoms with van der Waals surface area (Å²) >= 11 is 6.79. The second kappa shape index (κ2) is 4.94. The van der Waals surface area contributed by atoms with Gasteiger partial charge in [0.15, 0.2) is 5.58 Å². The van der Waals surface area contributed by atoms with Crippen LogP contribution in [0.15, 0.2) is 66.9 Å². The fourth-order valence-corrected chi connectivity index (χ4v) is 3.30. The minimum absolute atomic E-state index is 0.0329. The highest BCUT2D eigenvalue weighted by atomic mass is 79.9. The molecule has 0 saturated carbocycles. The van der Waals surface area contributed by atoms with Gasteiger partial charge in [-0.1, -0.05) is 46.3 Å². The van der Waals surface area contributed by atoms with E-state index in [1.54, 1.807) is 6.07 Å². The topological polar surface area (TPSA) is 30.2 Å². The summed E-state index contributed by atoms with van der Waals surface area (Å²) < 4.78 is 7.19. The summed E-state index contributed by atoms with van der Waals surface area (Å²) in [5.74, 6) is 0. The van der Waals surface area contributed by atoms with E-state index in [1.165, 1.54) is 6.26 Å². The summed E-state index contributed by atoms with van der Waals surface area (Å²) in [7, 11) is 0. The van der Waals surface area contributed by atoms with Crippen LogP contribution in [0.5, 0.6) is 0 Å². The van der Waals surface area contributed by atoms with Crippen molar-refractivity contribution in [2.24, 2.45) is 0 Å². The monoisotopic (exact) mass is 378 g/mol. The highest BCUT2D eigenvalue weighted by Crippen LogP contribution is 2.28. The molecule has 0 aliphatic heterocycles. The molecular weight excluding hydrogens is 372 g/mol. The van der Waals surface area contributed by atoms with Gasteiger partial charge >= 0.3 is 0 Å². The predicted octanol–water partition coefficient (Wildman–Crippen LogP) is 4.99. The van der Waals surface area contributed by atoms with Gasteiger partial charge < -0.3 is 4.42 Å². The Bertz CT molecular complexity index is 807. The van der Waals surface area contributed by atoms with Crippen molar-refractivity contribution in [2.45, 2.75) is 0 Å². The maximum atomic E-state index is 12.5. The van der Waals surface area contributed by atoms with Gasteiger partial charge in [0.05, 0.1) is 15.4 Å². The number of halogens is 2. The van der Waals surface area contributed by atoms with Crippen LogP contribution >= 0.6 is 31.9 Å². The smallest absolute Gasteiger partial charge is 0.200 e. The van der Waals surface area contributed by atoms with Crippen molar-refractivity contribution in [2.75, 3.05) is 0 Å². The lowest BCUT2D eigenvalue weighted by Crippen LogP contribution is -2.04. The van der Waals surface area contributed by atoms with E-state index in [4.69, 9.17) is 4.42 Å². The minimum Gasteiger partial charge on any atom is -0.462 e. The molecule has 1 heterocycles. The fourth-order valence-electron chi connectivity index (χ4n) is 1.98. The summed E-state index contributed by atoms with van der Waals surface area (Å²) in [6.07, 6.45) is 1.51. The summed E-state index contributed by atoms with van der Waals surface area (Å²) in [6.45, 7) is 0. The first-order valence-corrected chi connectivity index (χ1v) is 7.21. The first-order chi connectivity index (χ1) is 9.16. The van der Waals surface area contributed by atoms with Gasteiger partial charge in [-0.2, -0.15) is 0 Å². The lowest BCUT2D eigenvalue weighted by Gasteiger charge is -2.04. The zero-order chi connectivity index (χ0) is 13.4. The average molecular weight is 380 g/mol. The summed E-state index contributed by atoms with van der Waals surface area (Å²) in [5, 5.41) is 0.558. The van der Waals surface area contributed by atoms with E-state index in [0.717, 1.165) is 14.5 Å². The summed E-state index contributed by atoms with van der Waals surface area (Å²) in [6, 6.07) is 13.1. The van der Waals surface area contributed by atoms with Crippen molar-refractivity contribution >= 4 is 42.8 Å². The number of hydrogen-bond donors (Lipinski definition) is 0. The summed E-state index contributed by atoms with van der Waals surface area (Å²) in [5.41, 5.74) is 1.95. The number of benzene rings is 2. The molecule has 0 aliphatic rings. The Morgan fingerprint density at radius 3 is 2.47 bits per heavy atom. The molecule has 0 fully saturated rings. The van der Waals surface area contributed by atoms with Gasteiger partial charge in [0.25, 0.3) is 0 Å². The van der Waals surface area contributed by atoms with Gasteiger partial charge in [0, 0.05) is 4.47 Å². The molecular formula is C15H8Br2O2. The molecule has 4 heteroatoms. The van der Waals surface area contributed by atoms with Crippen LogP contribution < -0.4 is 5.43 Å². The Kier molecular flexibility index (Phi) is 3.29. The van der Waals surface area contributed by atoms with E-state index < -0.39 is 0 Å². The first kappa shape index (κ1) is 12.6. The molecule has 94 valence electrons. The number of fused-ring (bicyclic) bond motifs is 1. The molecule has 0 bridgehead atoms. The molecule has 0 N–H and O–H groups in total. The quantitative estimate of drug-likeness (QED) is 0.596. The lowest BCUT2D eigenvalue weighted by atomic mass is 10.1. The van der Waals surface area contributed by atoms with Crippen LogP contribution in [0.3, 0.4) is 0 Å². The largest absolute Gasteiger partial charge is 0.462 e. The molecule has 3 rings (SSSR count). The zero-order valence-corrected chi connectivity index (χ0v) is 12.9. The van der Waals surface area contributed by atoms with Gasteiger partial charge in [-0.25, -0.2) is 0 Å². The van der Waals surface area contributed by atoms with Gasteiger partial charge in [-0.15, -0.1) is 0 Å². The standard InChI is InChI=1S/C15H8Br2O2/c16-10-6-11-14(18)12(9-4-2-1-3-5-9)8-19-15(11)13(17)7-10/h1-8H. The third-order valence-electron chi connectivity index (χ3n) is 2.88. The normalized spacial score (nSPS) is 10.8. The Hall–Kier alpha value is -1.39. The molecule has 0 unspecified atom stereocenters. The van der Waals surface area contributed by atoms with Crippen LogP contribution in [0.2, 0.25) is 0 Å². The van der Waals surface area contributed by atoms with Gasteiger partial charge in [-0.05, 0) is 33.6 Å². The highest BCUT2D eigenvalue weighted by Gasteiger charge is 2.11. The predicted molar refractivity (Wildman–Crippen MR) is 83.3 cm³/mol. The highest BCUT2D eigenvalue weighted by molar-refractivity contribution is 9.11. The lowest BCUT2D eigenvalue weighted by molar-refractivity contribution is 0.602. The second-order valence-corrected chi connectivity index (χ2v) is 5.88. The Morgan fingerprint density at radius 1 is 1.00 bits per heavy atom. The molecule has 1 aromatic heterocycles. The van der Waals surface area contributed by atoms with Crippen LogP contribution in [0.1, 0.15) is 0 Å². The molecule has 3 aromatic rings. The van der Waals surface area contributed by atoms with E-state index in [9.17, 15) is 4.79 Å². The molecule has 2 aromatic carbocycles. The zero-order valence-electron chi connectivity index (χ0n) is 9.69. The van der Waals surface area contributed by atoms with Gasteiger partial charge in [-0.3, -0.25) is 4.79 Å². The molecule has 0 radical (unpaired) electrons. The molecule has 2 nitrogen and oxygen atoms in total. The molecule has 0 saturated heterocycles. The third kappa shape index (κ3) is 2.26. The van der Waals surface area contributed by atoms with Gasteiger partial charge in [0.2, 0.25) is 5.43 Å². The third-order valence-corrected chi connectivity index (χ3v) is 3.92. The van der Waals surface area contributed by atoms with Crippen molar-refractivity contribution in [1.82, 2.24) is 0 Å². The van der Waals surface area contributed by atoms with E-state index in [0.29, 0.717) is 16.5 Å². The summed E-state index contributed by atoms with van der Waals surface area (Å²) in [4.78, 5) is 12.5. The Morgan fingerprint density at radius 2 is 1.74 bits per heavy atom. The van der Waals surface area contributed by atoms with Crippen LogP contribution in [0.25, 0.3) is 22.1 Å². The van der Waals surface area contributed by atoms with Crippen molar-refractivity contribution in [3.05, 3.63) is 67.9 Å². The van der Waals surface area contributed by atoms with Crippen LogP contribution in [0, 0.1) is 0 Å². The molecule has 19 heavy (non-hydrogen) atoms. The molecule has 0 aliphatic carbocycles. The molecule has 0 atom stereocenters. The van der Waals surface area contributed by atoms with Crippen molar-refractivity contribution < 1.29 is 4.42 Å². The van der Waals surface area contributed by atoms with E-state index in [1.807, 2.05) is 36.4 Å². The van der Waals surface area contributed by atoms with E-state index in [-0.39, 0.29) is 5.43 Å². The average Bonchev–Trinajstić information content (AvgIpc) is 2.41. The number of rotatable bonds is 1. The van der Waals surface area contributed by atoms with Crippen molar-refractivity contribution in [3.63, 3.8) is 0 Å². The van der Waals surface area contributed by atoms with Crippen molar-refractivity contribution in [3.8, 4) is 11.1 Å². The van der Waals surface area contributed by atoms with Crippen molar-refractivity contribution in [1.29, 1.82) is 0 Å². The second-order valence-electron chi connectivity index (χ2n) is 4.11. The first-order valence-electron chi connectivity index (χ1n) is 5.63. The maximum Gasteiger partial charge on any atom is 0.200 e. The molecule has 0 amide bonds.